The maximum absolute atomic E-state index is 6.44. The highest BCUT2D eigenvalue weighted by molar-refractivity contribution is 7.10. The fraction of sp³-hybridized carbons (Fsp3) is 0.474. The molecular formula is C19H27NS. The molecule has 1 aromatic heterocycles. The SMILES string of the molecule is Cc1ccsc1C(N)Cc1c(C)cc(C(C)(C)C)cc1C. The summed E-state index contributed by atoms with van der Waals surface area (Å²) in [4.78, 5) is 1.31. The molecule has 0 radical (unpaired) electrons. The van der Waals surface area contributed by atoms with Crippen molar-refractivity contribution in [2.45, 2.75) is 59.4 Å². The van der Waals surface area contributed by atoms with Gasteiger partial charge in [-0.3, -0.25) is 0 Å². The predicted octanol–water partition coefficient (Wildman–Crippen LogP) is 5.21. The maximum atomic E-state index is 6.44. The summed E-state index contributed by atoms with van der Waals surface area (Å²) in [5.74, 6) is 0. The Morgan fingerprint density at radius 3 is 2.05 bits per heavy atom. The second-order valence-corrected chi connectivity index (χ2v) is 8.06. The molecule has 0 bridgehead atoms. The first-order valence-electron chi connectivity index (χ1n) is 7.60. The molecule has 0 aliphatic rings. The largest absolute Gasteiger partial charge is 0.323 e. The third-order valence-corrected chi connectivity index (χ3v) is 5.38. The Balaban J connectivity index is 2.31. The Morgan fingerprint density at radius 2 is 1.62 bits per heavy atom. The van der Waals surface area contributed by atoms with Crippen LogP contribution in [0.5, 0.6) is 0 Å². The molecule has 1 aromatic carbocycles. The molecule has 2 aromatic rings. The van der Waals surface area contributed by atoms with Crippen LogP contribution in [0.2, 0.25) is 0 Å². The van der Waals surface area contributed by atoms with E-state index in [4.69, 9.17) is 5.73 Å². The van der Waals surface area contributed by atoms with Crippen LogP contribution in [0, 0.1) is 20.8 Å². The molecule has 0 aliphatic heterocycles. The average molecular weight is 301 g/mol. The number of nitrogens with two attached hydrogens (primary N) is 1. The van der Waals surface area contributed by atoms with Crippen molar-refractivity contribution >= 4 is 11.3 Å². The standard InChI is InChI=1S/C19H27NS/c1-12-7-8-21-18(12)17(20)11-16-13(2)9-15(10-14(16)3)19(4,5)6/h7-10,17H,11,20H2,1-6H3. The fourth-order valence-corrected chi connectivity index (χ4v) is 3.76. The topological polar surface area (TPSA) is 26.0 Å². The smallest absolute Gasteiger partial charge is 0.0433 e. The average Bonchev–Trinajstić information content (AvgIpc) is 2.78. The van der Waals surface area contributed by atoms with Crippen molar-refractivity contribution in [3.63, 3.8) is 0 Å². The normalized spacial score (nSPS) is 13.5. The van der Waals surface area contributed by atoms with Gasteiger partial charge in [0.15, 0.2) is 0 Å². The van der Waals surface area contributed by atoms with Crippen molar-refractivity contribution in [3.05, 3.63) is 56.3 Å². The van der Waals surface area contributed by atoms with E-state index in [-0.39, 0.29) is 11.5 Å². The molecule has 1 atom stereocenters. The number of hydrogen-bond donors (Lipinski definition) is 1. The van der Waals surface area contributed by atoms with Crippen LogP contribution in [0.1, 0.15) is 59.5 Å². The number of hydrogen-bond acceptors (Lipinski definition) is 2. The van der Waals surface area contributed by atoms with Crippen molar-refractivity contribution < 1.29 is 0 Å². The van der Waals surface area contributed by atoms with Gasteiger partial charge in [-0.05, 0) is 71.9 Å². The van der Waals surface area contributed by atoms with Crippen LogP contribution >= 0.6 is 11.3 Å². The molecule has 0 amide bonds. The van der Waals surface area contributed by atoms with E-state index in [1.165, 1.54) is 32.7 Å². The van der Waals surface area contributed by atoms with E-state index < -0.39 is 0 Å². The first-order chi connectivity index (χ1) is 9.70. The Bertz CT molecular complexity index is 608. The molecule has 21 heavy (non-hydrogen) atoms. The highest BCUT2D eigenvalue weighted by Crippen LogP contribution is 2.30. The highest BCUT2D eigenvalue weighted by Gasteiger charge is 2.18. The highest BCUT2D eigenvalue weighted by atomic mass is 32.1. The summed E-state index contributed by atoms with van der Waals surface area (Å²) in [5.41, 5.74) is 13.5. The zero-order chi connectivity index (χ0) is 15.8. The Labute approximate surface area is 133 Å². The number of benzene rings is 1. The molecule has 114 valence electrons. The molecule has 1 unspecified atom stereocenters. The lowest BCUT2D eigenvalue weighted by Crippen LogP contribution is -2.16. The van der Waals surface area contributed by atoms with Crippen LogP contribution in [-0.4, -0.2) is 0 Å². The van der Waals surface area contributed by atoms with E-state index in [1.54, 1.807) is 11.3 Å². The van der Waals surface area contributed by atoms with Gasteiger partial charge in [0.2, 0.25) is 0 Å². The zero-order valence-electron chi connectivity index (χ0n) is 14.1. The van der Waals surface area contributed by atoms with Gasteiger partial charge in [0.05, 0.1) is 0 Å². The molecule has 0 fully saturated rings. The van der Waals surface area contributed by atoms with Crippen molar-refractivity contribution in [2.24, 2.45) is 5.73 Å². The van der Waals surface area contributed by atoms with E-state index >= 15 is 0 Å². The fourth-order valence-electron chi connectivity index (χ4n) is 2.83. The lowest BCUT2D eigenvalue weighted by Gasteiger charge is -2.23. The summed E-state index contributed by atoms with van der Waals surface area (Å²) in [7, 11) is 0. The minimum atomic E-state index is 0.0999. The summed E-state index contributed by atoms with van der Waals surface area (Å²) < 4.78 is 0. The van der Waals surface area contributed by atoms with Crippen molar-refractivity contribution in [1.82, 2.24) is 0 Å². The third kappa shape index (κ3) is 3.56. The molecule has 0 spiro atoms. The van der Waals surface area contributed by atoms with Gasteiger partial charge in [-0.25, -0.2) is 0 Å². The lowest BCUT2D eigenvalue weighted by atomic mass is 9.83. The second kappa shape index (κ2) is 5.94. The van der Waals surface area contributed by atoms with Crippen LogP contribution in [0.3, 0.4) is 0 Å². The quantitative estimate of drug-likeness (QED) is 0.827. The summed E-state index contributed by atoms with van der Waals surface area (Å²) in [6, 6.07) is 6.91. The van der Waals surface area contributed by atoms with Gasteiger partial charge >= 0.3 is 0 Å². The third-order valence-electron chi connectivity index (χ3n) is 4.22. The van der Waals surface area contributed by atoms with Crippen molar-refractivity contribution in [1.29, 1.82) is 0 Å². The lowest BCUT2D eigenvalue weighted by molar-refractivity contribution is 0.588. The molecule has 1 nitrogen and oxygen atoms in total. The summed E-state index contributed by atoms with van der Waals surface area (Å²) >= 11 is 1.77. The number of thiophene rings is 1. The number of rotatable bonds is 3. The van der Waals surface area contributed by atoms with Crippen molar-refractivity contribution in [2.75, 3.05) is 0 Å². The van der Waals surface area contributed by atoms with Gasteiger partial charge in [-0.15, -0.1) is 11.3 Å². The molecule has 1 heterocycles. The van der Waals surface area contributed by atoms with Crippen LogP contribution in [0.15, 0.2) is 23.6 Å². The van der Waals surface area contributed by atoms with Crippen LogP contribution in [-0.2, 0) is 11.8 Å². The number of aryl methyl sites for hydroxylation is 3. The van der Waals surface area contributed by atoms with E-state index in [1.807, 2.05) is 0 Å². The van der Waals surface area contributed by atoms with Gasteiger partial charge < -0.3 is 5.73 Å². The Hall–Kier alpha value is -1.12. The van der Waals surface area contributed by atoms with Crippen LogP contribution in [0.25, 0.3) is 0 Å². The molecular weight excluding hydrogens is 274 g/mol. The van der Waals surface area contributed by atoms with Gasteiger partial charge in [-0.1, -0.05) is 32.9 Å². The molecule has 2 rings (SSSR count). The second-order valence-electron chi connectivity index (χ2n) is 7.12. The van der Waals surface area contributed by atoms with Gasteiger partial charge in [0.25, 0.3) is 0 Å². The molecule has 2 N–H and O–H groups in total. The Morgan fingerprint density at radius 1 is 1.05 bits per heavy atom. The molecule has 0 saturated carbocycles. The summed E-state index contributed by atoms with van der Waals surface area (Å²) in [6.45, 7) is 13.4. The van der Waals surface area contributed by atoms with Crippen LogP contribution < -0.4 is 5.73 Å². The summed E-state index contributed by atoms with van der Waals surface area (Å²) in [5, 5.41) is 2.13. The first-order valence-corrected chi connectivity index (χ1v) is 8.48. The zero-order valence-corrected chi connectivity index (χ0v) is 14.9. The van der Waals surface area contributed by atoms with E-state index in [2.05, 4.69) is 65.1 Å². The minimum absolute atomic E-state index is 0.0999. The minimum Gasteiger partial charge on any atom is -0.323 e. The van der Waals surface area contributed by atoms with E-state index in [0.717, 1.165) is 6.42 Å². The van der Waals surface area contributed by atoms with Gasteiger partial charge in [0.1, 0.15) is 0 Å². The van der Waals surface area contributed by atoms with Gasteiger partial charge in [-0.2, -0.15) is 0 Å². The van der Waals surface area contributed by atoms with Gasteiger partial charge in [0, 0.05) is 10.9 Å². The van der Waals surface area contributed by atoms with Crippen molar-refractivity contribution in [3.8, 4) is 0 Å². The predicted molar refractivity (Wildman–Crippen MR) is 94.3 cm³/mol. The molecule has 2 heteroatoms. The van der Waals surface area contributed by atoms with E-state index in [0.29, 0.717) is 0 Å². The van der Waals surface area contributed by atoms with E-state index in [9.17, 15) is 0 Å². The van der Waals surface area contributed by atoms with Crippen LogP contribution in [0.4, 0.5) is 0 Å². The monoisotopic (exact) mass is 301 g/mol. The Kier molecular flexibility index (Phi) is 4.60. The maximum Gasteiger partial charge on any atom is 0.0433 e. The first kappa shape index (κ1) is 16.3. The molecule has 0 aliphatic carbocycles. The molecule has 0 saturated heterocycles. The summed E-state index contributed by atoms with van der Waals surface area (Å²) in [6.07, 6.45) is 0.920.